The lowest BCUT2D eigenvalue weighted by atomic mass is 9.55. The summed E-state index contributed by atoms with van der Waals surface area (Å²) in [4.78, 5) is 0. The van der Waals surface area contributed by atoms with Gasteiger partial charge in [0.25, 0.3) is 0 Å². The van der Waals surface area contributed by atoms with Gasteiger partial charge in [0.15, 0.2) is 0 Å². The average Bonchev–Trinajstić information content (AvgIpc) is 2.65. The molecular weight excluding hydrogens is 144 g/mol. The first-order valence-corrected chi connectivity index (χ1v) is 5.50. The van der Waals surface area contributed by atoms with E-state index in [1.807, 2.05) is 0 Å². The van der Waals surface area contributed by atoms with Crippen LogP contribution in [0.15, 0.2) is 0 Å². The molecule has 2 aliphatic carbocycles. The standard InChI is InChI=1S/C12H22/c1-8-5-10(8)6-11-7-12(3,4)9(11)2/h8-11H,5-7H2,1-4H3. The molecule has 0 aromatic carbocycles. The molecule has 0 spiro atoms. The van der Waals surface area contributed by atoms with Crippen molar-refractivity contribution in [2.45, 2.75) is 47.0 Å². The van der Waals surface area contributed by atoms with Crippen LogP contribution in [0, 0.1) is 29.1 Å². The molecular formula is C12H22. The molecule has 0 saturated heterocycles. The van der Waals surface area contributed by atoms with Crippen LogP contribution in [0.25, 0.3) is 0 Å². The maximum absolute atomic E-state index is 2.45. The Hall–Kier alpha value is 0. The molecule has 2 fully saturated rings. The summed E-state index contributed by atoms with van der Waals surface area (Å²) in [5.41, 5.74) is 0.656. The molecule has 0 aromatic rings. The maximum atomic E-state index is 2.45. The smallest absolute Gasteiger partial charge is 0.0323 e. The number of hydrogen-bond donors (Lipinski definition) is 0. The average molecular weight is 166 g/mol. The highest BCUT2D eigenvalue weighted by Crippen LogP contribution is 2.56. The molecule has 0 N–H and O–H groups in total. The van der Waals surface area contributed by atoms with Crippen LogP contribution in [0.1, 0.15) is 47.0 Å². The molecule has 0 radical (unpaired) electrons. The van der Waals surface area contributed by atoms with Crippen LogP contribution in [0.2, 0.25) is 0 Å². The predicted molar refractivity (Wildman–Crippen MR) is 52.9 cm³/mol. The van der Waals surface area contributed by atoms with Crippen molar-refractivity contribution in [3.8, 4) is 0 Å². The van der Waals surface area contributed by atoms with Crippen molar-refractivity contribution in [3.05, 3.63) is 0 Å². The van der Waals surface area contributed by atoms with Gasteiger partial charge in [-0.05, 0) is 48.3 Å². The van der Waals surface area contributed by atoms with Gasteiger partial charge in [-0.15, -0.1) is 0 Å². The highest BCUT2D eigenvalue weighted by Gasteiger charge is 2.47. The molecule has 2 rings (SSSR count). The highest BCUT2D eigenvalue weighted by molar-refractivity contribution is 4.96. The summed E-state index contributed by atoms with van der Waals surface area (Å²) in [5, 5.41) is 0. The van der Waals surface area contributed by atoms with E-state index in [0.717, 1.165) is 23.7 Å². The summed E-state index contributed by atoms with van der Waals surface area (Å²) in [5.74, 6) is 4.20. The third-order valence-electron chi connectivity index (χ3n) is 4.61. The zero-order valence-electron chi connectivity index (χ0n) is 8.93. The van der Waals surface area contributed by atoms with Gasteiger partial charge >= 0.3 is 0 Å². The van der Waals surface area contributed by atoms with Crippen LogP contribution in [-0.4, -0.2) is 0 Å². The molecule has 4 atom stereocenters. The molecule has 0 nitrogen and oxygen atoms in total. The van der Waals surface area contributed by atoms with E-state index >= 15 is 0 Å². The molecule has 70 valence electrons. The highest BCUT2D eigenvalue weighted by atomic mass is 14.5. The van der Waals surface area contributed by atoms with Gasteiger partial charge in [0.1, 0.15) is 0 Å². The third-order valence-corrected chi connectivity index (χ3v) is 4.61. The van der Waals surface area contributed by atoms with Gasteiger partial charge in [-0.3, -0.25) is 0 Å². The Labute approximate surface area is 76.7 Å². The van der Waals surface area contributed by atoms with Gasteiger partial charge in [0.05, 0.1) is 0 Å². The lowest BCUT2D eigenvalue weighted by Crippen LogP contribution is -2.42. The van der Waals surface area contributed by atoms with E-state index in [-0.39, 0.29) is 0 Å². The fraction of sp³-hybridized carbons (Fsp3) is 1.00. The number of hydrogen-bond acceptors (Lipinski definition) is 0. The van der Waals surface area contributed by atoms with Gasteiger partial charge in [-0.25, -0.2) is 0 Å². The summed E-state index contributed by atoms with van der Waals surface area (Å²) in [6.45, 7) is 9.69. The monoisotopic (exact) mass is 166 g/mol. The van der Waals surface area contributed by atoms with Gasteiger partial charge in [-0.1, -0.05) is 27.7 Å². The molecule has 0 aromatic heterocycles. The van der Waals surface area contributed by atoms with E-state index < -0.39 is 0 Å². The van der Waals surface area contributed by atoms with Crippen molar-refractivity contribution >= 4 is 0 Å². The molecule has 0 heterocycles. The van der Waals surface area contributed by atoms with Crippen molar-refractivity contribution < 1.29 is 0 Å². The van der Waals surface area contributed by atoms with Crippen LogP contribution in [0.5, 0.6) is 0 Å². The summed E-state index contributed by atoms with van der Waals surface area (Å²) < 4.78 is 0. The quantitative estimate of drug-likeness (QED) is 0.586. The van der Waals surface area contributed by atoms with Gasteiger partial charge in [0.2, 0.25) is 0 Å². The topological polar surface area (TPSA) is 0 Å². The molecule has 12 heavy (non-hydrogen) atoms. The van der Waals surface area contributed by atoms with E-state index in [1.165, 1.54) is 19.3 Å². The van der Waals surface area contributed by atoms with Crippen molar-refractivity contribution in [2.75, 3.05) is 0 Å². The zero-order chi connectivity index (χ0) is 8.93. The summed E-state index contributed by atoms with van der Waals surface area (Å²) in [7, 11) is 0. The lowest BCUT2D eigenvalue weighted by molar-refractivity contribution is -0.00607. The van der Waals surface area contributed by atoms with Crippen LogP contribution in [-0.2, 0) is 0 Å². The fourth-order valence-electron chi connectivity index (χ4n) is 2.92. The van der Waals surface area contributed by atoms with Crippen molar-refractivity contribution in [2.24, 2.45) is 29.1 Å². The third kappa shape index (κ3) is 1.30. The number of rotatable bonds is 2. The molecule has 2 saturated carbocycles. The Morgan fingerprint density at radius 1 is 1.17 bits per heavy atom. The minimum Gasteiger partial charge on any atom is -0.0622 e. The van der Waals surface area contributed by atoms with Crippen LogP contribution < -0.4 is 0 Å². The van der Waals surface area contributed by atoms with Crippen LogP contribution in [0.3, 0.4) is 0 Å². The molecule has 0 aliphatic heterocycles. The Balaban J connectivity index is 1.78. The zero-order valence-corrected chi connectivity index (χ0v) is 8.93. The normalized spacial score (nSPS) is 50.0. The second-order valence-electron chi connectivity index (χ2n) is 5.95. The Kier molecular flexibility index (Phi) is 1.79. The van der Waals surface area contributed by atoms with E-state index in [2.05, 4.69) is 27.7 Å². The predicted octanol–water partition coefficient (Wildman–Crippen LogP) is 3.71. The van der Waals surface area contributed by atoms with Gasteiger partial charge in [-0.2, -0.15) is 0 Å². The molecule has 0 bridgehead atoms. The van der Waals surface area contributed by atoms with Crippen molar-refractivity contribution in [1.29, 1.82) is 0 Å². The van der Waals surface area contributed by atoms with Crippen molar-refractivity contribution in [3.63, 3.8) is 0 Å². The Bertz CT molecular complexity index is 180. The first kappa shape index (κ1) is 8.59. The molecule has 4 unspecified atom stereocenters. The largest absolute Gasteiger partial charge is 0.0622 e. The lowest BCUT2D eigenvalue weighted by Gasteiger charge is -2.50. The van der Waals surface area contributed by atoms with Crippen LogP contribution >= 0.6 is 0 Å². The molecule has 0 amide bonds. The van der Waals surface area contributed by atoms with Crippen LogP contribution in [0.4, 0.5) is 0 Å². The minimum absolute atomic E-state index is 0.656. The van der Waals surface area contributed by atoms with E-state index in [9.17, 15) is 0 Å². The first-order valence-electron chi connectivity index (χ1n) is 5.50. The summed E-state index contributed by atoms with van der Waals surface area (Å²) >= 11 is 0. The fourth-order valence-corrected chi connectivity index (χ4v) is 2.92. The summed E-state index contributed by atoms with van der Waals surface area (Å²) in [6, 6.07) is 0. The second kappa shape index (κ2) is 2.49. The van der Waals surface area contributed by atoms with E-state index in [4.69, 9.17) is 0 Å². The summed E-state index contributed by atoms with van der Waals surface area (Å²) in [6.07, 6.45) is 4.53. The van der Waals surface area contributed by atoms with Crippen molar-refractivity contribution in [1.82, 2.24) is 0 Å². The molecule has 0 heteroatoms. The van der Waals surface area contributed by atoms with E-state index in [1.54, 1.807) is 0 Å². The van der Waals surface area contributed by atoms with Gasteiger partial charge in [0, 0.05) is 0 Å². The van der Waals surface area contributed by atoms with Gasteiger partial charge < -0.3 is 0 Å². The van der Waals surface area contributed by atoms with E-state index in [0.29, 0.717) is 5.41 Å². The first-order chi connectivity index (χ1) is 5.50. The second-order valence-corrected chi connectivity index (χ2v) is 5.95. The SMILES string of the molecule is CC1CC1CC1CC(C)(C)C1C. The molecule has 2 aliphatic rings. The minimum atomic E-state index is 0.656. The maximum Gasteiger partial charge on any atom is -0.0323 e. The Morgan fingerprint density at radius 2 is 1.75 bits per heavy atom. The Morgan fingerprint density at radius 3 is 2.08 bits per heavy atom.